The van der Waals surface area contributed by atoms with Gasteiger partial charge in [0, 0.05) is 11.4 Å². The summed E-state index contributed by atoms with van der Waals surface area (Å²) < 4.78 is 0. The Bertz CT molecular complexity index is 422. The summed E-state index contributed by atoms with van der Waals surface area (Å²) in [4.78, 5) is 15.2. The number of nitrogens with zero attached hydrogens (tertiary/aromatic N) is 1. The monoisotopic (exact) mass is 265 g/mol. The quantitative estimate of drug-likeness (QED) is 0.898. The van der Waals surface area contributed by atoms with Crippen molar-refractivity contribution in [3.05, 3.63) is 23.9 Å². The van der Waals surface area contributed by atoms with E-state index >= 15 is 0 Å². The van der Waals surface area contributed by atoms with Gasteiger partial charge in [-0.05, 0) is 30.9 Å². The predicted molar refractivity (Wildman–Crippen MR) is 73.1 cm³/mol. The Morgan fingerprint density at radius 1 is 1.50 bits per heavy atom. The molecule has 4 heteroatoms. The molecule has 1 N–H and O–H groups in total. The summed E-state index contributed by atoms with van der Waals surface area (Å²) >= 11 is 1.75. The fraction of sp³-hybridized carbons (Fsp3) is 0.571. The van der Waals surface area contributed by atoms with Crippen molar-refractivity contribution >= 4 is 17.7 Å². The predicted octanol–water partition coefficient (Wildman–Crippen LogP) is 3.84. The highest BCUT2D eigenvalue weighted by atomic mass is 32.2. The maximum Gasteiger partial charge on any atom is 0.335 e. The van der Waals surface area contributed by atoms with Gasteiger partial charge in [0.1, 0.15) is 0 Å². The lowest BCUT2D eigenvalue weighted by molar-refractivity contribution is 0.0696. The summed E-state index contributed by atoms with van der Waals surface area (Å²) in [5.41, 5.74) is 0.330. The lowest BCUT2D eigenvalue weighted by Crippen LogP contribution is -2.21. The second kappa shape index (κ2) is 6.23. The van der Waals surface area contributed by atoms with Crippen LogP contribution in [0, 0.1) is 5.92 Å². The first-order valence-corrected chi connectivity index (χ1v) is 7.44. The third kappa shape index (κ3) is 3.25. The van der Waals surface area contributed by atoms with Crippen LogP contribution in [-0.4, -0.2) is 21.3 Å². The SMILES string of the molecule is CCC1CCCCC1Sc1cc(C(=O)O)ccn1. The molecule has 3 nitrogen and oxygen atoms in total. The summed E-state index contributed by atoms with van der Waals surface area (Å²) in [5.74, 6) is -0.131. The van der Waals surface area contributed by atoms with Crippen molar-refractivity contribution in [3.8, 4) is 0 Å². The first-order valence-electron chi connectivity index (χ1n) is 6.56. The van der Waals surface area contributed by atoms with Gasteiger partial charge in [-0.1, -0.05) is 26.2 Å². The highest BCUT2D eigenvalue weighted by molar-refractivity contribution is 7.99. The number of pyridine rings is 1. The zero-order chi connectivity index (χ0) is 13.0. The molecule has 1 aliphatic rings. The zero-order valence-corrected chi connectivity index (χ0v) is 11.4. The number of rotatable bonds is 4. The van der Waals surface area contributed by atoms with Crippen molar-refractivity contribution in [2.45, 2.75) is 49.3 Å². The largest absolute Gasteiger partial charge is 0.478 e. The smallest absolute Gasteiger partial charge is 0.335 e. The van der Waals surface area contributed by atoms with Gasteiger partial charge in [0.25, 0.3) is 0 Å². The van der Waals surface area contributed by atoms with Crippen molar-refractivity contribution in [3.63, 3.8) is 0 Å². The highest BCUT2D eigenvalue weighted by Gasteiger charge is 2.25. The van der Waals surface area contributed by atoms with Gasteiger partial charge in [-0.25, -0.2) is 9.78 Å². The van der Waals surface area contributed by atoms with Crippen LogP contribution < -0.4 is 0 Å². The minimum Gasteiger partial charge on any atom is -0.478 e. The molecule has 2 unspecified atom stereocenters. The number of hydrogen-bond acceptors (Lipinski definition) is 3. The van der Waals surface area contributed by atoms with E-state index in [0.717, 1.165) is 10.9 Å². The Balaban J connectivity index is 2.07. The molecule has 0 amide bonds. The molecule has 0 radical (unpaired) electrons. The molecule has 2 rings (SSSR count). The second-order valence-corrected chi connectivity index (χ2v) is 6.06. The van der Waals surface area contributed by atoms with Gasteiger partial charge < -0.3 is 5.11 Å². The molecular weight excluding hydrogens is 246 g/mol. The molecule has 0 bridgehead atoms. The van der Waals surface area contributed by atoms with E-state index in [4.69, 9.17) is 5.11 Å². The van der Waals surface area contributed by atoms with Crippen LogP contribution in [0.2, 0.25) is 0 Å². The fourth-order valence-corrected chi connectivity index (χ4v) is 3.99. The fourth-order valence-electron chi connectivity index (χ4n) is 2.56. The third-order valence-corrected chi connectivity index (χ3v) is 5.01. The molecule has 1 saturated carbocycles. The van der Waals surface area contributed by atoms with Gasteiger partial charge in [0.2, 0.25) is 0 Å². The number of aromatic nitrogens is 1. The summed E-state index contributed by atoms with van der Waals surface area (Å²) in [6, 6.07) is 3.24. The molecule has 2 atom stereocenters. The minimum absolute atomic E-state index is 0.330. The van der Waals surface area contributed by atoms with E-state index in [1.807, 2.05) is 0 Å². The molecule has 0 aromatic carbocycles. The molecule has 1 fully saturated rings. The zero-order valence-electron chi connectivity index (χ0n) is 10.6. The van der Waals surface area contributed by atoms with Crippen molar-refractivity contribution in [1.29, 1.82) is 0 Å². The van der Waals surface area contributed by atoms with E-state index in [0.29, 0.717) is 10.8 Å². The van der Waals surface area contributed by atoms with Gasteiger partial charge in [-0.2, -0.15) is 0 Å². The maximum atomic E-state index is 10.9. The Kier molecular flexibility index (Phi) is 4.64. The molecule has 0 spiro atoms. The second-order valence-electron chi connectivity index (χ2n) is 4.80. The Morgan fingerprint density at radius 2 is 2.28 bits per heavy atom. The Labute approximate surface area is 112 Å². The van der Waals surface area contributed by atoms with Crippen LogP contribution in [0.4, 0.5) is 0 Å². The van der Waals surface area contributed by atoms with Crippen molar-refractivity contribution in [2.75, 3.05) is 0 Å². The van der Waals surface area contributed by atoms with Gasteiger partial charge in [0.05, 0.1) is 10.6 Å². The number of aromatic carboxylic acids is 1. The highest BCUT2D eigenvalue weighted by Crippen LogP contribution is 2.38. The van der Waals surface area contributed by atoms with E-state index < -0.39 is 5.97 Å². The maximum absolute atomic E-state index is 10.9. The number of thioether (sulfide) groups is 1. The van der Waals surface area contributed by atoms with Crippen molar-refractivity contribution in [1.82, 2.24) is 4.98 Å². The van der Waals surface area contributed by atoms with Crippen LogP contribution in [0.5, 0.6) is 0 Å². The summed E-state index contributed by atoms with van der Waals surface area (Å²) in [6.45, 7) is 2.24. The Morgan fingerprint density at radius 3 is 3.00 bits per heavy atom. The number of carboxylic acid groups (broad SMARTS) is 1. The average molecular weight is 265 g/mol. The molecule has 0 aliphatic heterocycles. The van der Waals surface area contributed by atoms with E-state index in [9.17, 15) is 4.79 Å². The van der Waals surface area contributed by atoms with Crippen LogP contribution >= 0.6 is 11.8 Å². The lowest BCUT2D eigenvalue weighted by atomic mass is 9.87. The van der Waals surface area contributed by atoms with Crippen LogP contribution in [-0.2, 0) is 0 Å². The normalized spacial score (nSPS) is 23.8. The van der Waals surface area contributed by atoms with Crippen LogP contribution in [0.1, 0.15) is 49.4 Å². The van der Waals surface area contributed by atoms with Crippen LogP contribution in [0.25, 0.3) is 0 Å². The first kappa shape index (κ1) is 13.4. The minimum atomic E-state index is -0.880. The van der Waals surface area contributed by atoms with Gasteiger partial charge >= 0.3 is 5.97 Å². The summed E-state index contributed by atoms with van der Waals surface area (Å²) in [5, 5.41) is 10.4. The van der Waals surface area contributed by atoms with Gasteiger partial charge in [0.15, 0.2) is 0 Å². The number of hydrogen-bond donors (Lipinski definition) is 1. The third-order valence-electron chi connectivity index (χ3n) is 3.62. The van der Waals surface area contributed by atoms with Gasteiger partial charge in [-0.15, -0.1) is 11.8 Å². The van der Waals surface area contributed by atoms with E-state index in [1.165, 1.54) is 32.1 Å². The van der Waals surface area contributed by atoms with Crippen LogP contribution in [0.3, 0.4) is 0 Å². The standard InChI is InChI=1S/C14H19NO2S/c1-2-10-5-3-4-6-12(10)18-13-9-11(14(16)17)7-8-15-13/h7-10,12H,2-6H2,1H3,(H,16,17). The molecular formula is C14H19NO2S. The van der Waals surface area contributed by atoms with E-state index in [-0.39, 0.29) is 0 Å². The first-order chi connectivity index (χ1) is 8.70. The molecule has 0 saturated heterocycles. The topological polar surface area (TPSA) is 50.2 Å². The molecule has 98 valence electrons. The molecule has 18 heavy (non-hydrogen) atoms. The molecule has 1 aliphatic carbocycles. The van der Waals surface area contributed by atoms with Gasteiger partial charge in [-0.3, -0.25) is 0 Å². The van der Waals surface area contributed by atoms with Crippen molar-refractivity contribution in [2.24, 2.45) is 5.92 Å². The van der Waals surface area contributed by atoms with Crippen LogP contribution in [0.15, 0.2) is 23.4 Å². The molecule has 1 aromatic rings. The average Bonchev–Trinajstić information content (AvgIpc) is 2.39. The number of carbonyl (C=O) groups is 1. The number of carboxylic acids is 1. The lowest BCUT2D eigenvalue weighted by Gasteiger charge is -2.29. The molecule has 1 heterocycles. The molecule has 1 aromatic heterocycles. The summed E-state index contributed by atoms with van der Waals surface area (Å²) in [7, 11) is 0. The van der Waals surface area contributed by atoms with Crippen molar-refractivity contribution < 1.29 is 9.90 Å². The van der Waals surface area contributed by atoms with E-state index in [2.05, 4.69) is 11.9 Å². The Hall–Kier alpha value is -1.03. The summed E-state index contributed by atoms with van der Waals surface area (Å²) in [6.07, 6.45) is 7.94. The van der Waals surface area contributed by atoms with E-state index in [1.54, 1.807) is 30.1 Å².